The highest BCUT2D eigenvalue weighted by Gasteiger charge is 2.18. The van der Waals surface area contributed by atoms with E-state index in [4.69, 9.17) is 22.1 Å². The molecule has 1 aromatic rings. The van der Waals surface area contributed by atoms with Crippen LogP contribution in [0.5, 0.6) is 0 Å². The van der Waals surface area contributed by atoms with Crippen LogP contribution in [0.2, 0.25) is 5.02 Å². The van der Waals surface area contributed by atoms with Gasteiger partial charge in [-0.2, -0.15) is 0 Å². The molecule has 0 aromatic heterocycles. The molecule has 0 amide bonds. The smallest absolute Gasteiger partial charge is 0.0553 e. The van der Waals surface area contributed by atoms with Crippen LogP contribution in [0.3, 0.4) is 0 Å². The third-order valence-electron chi connectivity index (χ3n) is 2.62. The van der Waals surface area contributed by atoms with Gasteiger partial charge in [0.05, 0.1) is 6.61 Å². The minimum Gasteiger partial charge on any atom is -0.384 e. The number of hydrogen-bond acceptors (Lipinski definition) is 3. The summed E-state index contributed by atoms with van der Waals surface area (Å²) in [7, 11) is 1.72. The molecule has 2 unspecified atom stereocenters. The number of thioether (sulfide) groups is 1. The molecule has 0 saturated carbocycles. The summed E-state index contributed by atoms with van der Waals surface area (Å²) in [5.74, 6) is 0.946. The molecule has 17 heavy (non-hydrogen) atoms. The van der Waals surface area contributed by atoms with E-state index in [1.165, 1.54) is 5.56 Å². The Balaban J connectivity index is 2.74. The highest BCUT2D eigenvalue weighted by molar-refractivity contribution is 7.99. The standard InChI is InChI=1S/C13H20ClNOS/c1-3-12(15)13(17-8-7-16-2)10-5-4-6-11(14)9-10/h4-6,9,12-13H,3,7-8,15H2,1-2H3. The first kappa shape index (κ1) is 14.8. The molecule has 0 radical (unpaired) electrons. The van der Waals surface area contributed by atoms with Gasteiger partial charge in [0.25, 0.3) is 0 Å². The van der Waals surface area contributed by atoms with Crippen molar-refractivity contribution < 1.29 is 4.74 Å². The van der Waals surface area contributed by atoms with Gasteiger partial charge in [0.1, 0.15) is 0 Å². The molecule has 0 fully saturated rings. The van der Waals surface area contributed by atoms with E-state index in [-0.39, 0.29) is 11.3 Å². The van der Waals surface area contributed by atoms with Gasteiger partial charge in [0.15, 0.2) is 0 Å². The lowest BCUT2D eigenvalue weighted by atomic mass is 10.0. The molecule has 0 bridgehead atoms. The number of methoxy groups -OCH3 is 1. The minimum absolute atomic E-state index is 0.148. The summed E-state index contributed by atoms with van der Waals surface area (Å²) in [6.07, 6.45) is 0.956. The SMILES string of the molecule is CCC(N)C(SCCOC)c1cccc(Cl)c1. The lowest BCUT2D eigenvalue weighted by molar-refractivity contribution is 0.218. The highest BCUT2D eigenvalue weighted by Crippen LogP contribution is 2.33. The Bertz CT molecular complexity index is 335. The molecule has 2 N–H and O–H groups in total. The van der Waals surface area contributed by atoms with E-state index in [2.05, 4.69) is 13.0 Å². The monoisotopic (exact) mass is 273 g/mol. The Morgan fingerprint density at radius 2 is 2.24 bits per heavy atom. The second-order valence-electron chi connectivity index (χ2n) is 3.91. The van der Waals surface area contributed by atoms with Crippen molar-refractivity contribution in [2.24, 2.45) is 5.73 Å². The second-order valence-corrected chi connectivity index (χ2v) is 5.60. The molecule has 0 spiro atoms. The lowest BCUT2D eigenvalue weighted by Gasteiger charge is -2.23. The Labute approximate surface area is 113 Å². The third-order valence-corrected chi connectivity index (χ3v) is 4.24. The quantitative estimate of drug-likeness (QED) is 0.773. The molecule has 96 valence electrons. The highest BCUT2D eigenvalue weighted by atomic mass is 35.5. The van der Waals surface area contributed by atoms with Crippen LogP contribution in [-0.2, 0) is 4.74 Å². The first-order valence-corrected chi connectivity index (χ1v) is 7.23. The van der Waals surface area contributed by atoms with Crippen molar-refractivity contribution in [3.63, 3.8) is 0 Å². The number of nitrogens with two attached hydrogens (primary N) is 1. The van der Waals surface area contributed by atoms with Crippen molar-refractivity contribution in [1.29, 1.82) is 0 Å². The van der Waals surface area contributed by atoms with Crippen molar-refractivity contribution >= 4 is 23.4 Å². The first-order valence-electron chi connectivity index (χ1n) is 5.80. The maximum absolute atomic E-state index is 6.18. The summed E-state index contributed by atoms with van der Waals surface area (Å²) in [5.41, 5.74) is 7.38. The van der Waals surface area contributed by atoms with Crippen LogP contribution in [-0.4, -0.2) is 25.5 Å². The van der Waals surface area contributed by atoms with Gasteiger partial charge in [-0.3, -0.25) is 0 Å². The van der Waals surface area contributed by atoms with E-state index in [0.717, 1.165) is 23.8 Å². The Kier molecular flexibility index (Phi) is 6.97. The van der Waals surface area contributed by atoms with E-state index in [9.17, 15) is 0 Å². The molecular weight excluding hydrogens is 254 g/mol. The van der Waals surface area contributed by atoms with Gasteiger partial charge in [0, 0.05) is 29.2 Å². The fourth-order valence-electron chi connectivity index (χ4n) is 1.62. The van der Waals surface area contributed by atoms with Gasteiger partial charge in [-0.25, -0.2) is 0 Å². The van der Waals surface area contributed by atoms with E-state index < -0.39 is 0 Å². The zero-order valence-electron chi connectivity index (χ0n) is 10.4. The number of hydrogen-bond donors (Lipinski definition) is 1. The second kappa shape index (κ2) is 7.98. The van der Waals surface area contributed by atoms with E-state index in [1.807, 2.05) is 30.0 Å². The Morgan fingerprint density at radius 3 is 2.82 bits per heavy atom. The molecule has 4 heteroatoms. The fraction of sp³-hybridized carbons (Fsp3) is 0.538. The van der Waals surface area contributed by atoms with Crippen LogP contribution >= 0.6 is 23.4 Å². The van der Waals surface area contributed by atoms with Crippen LogP contribution in [0.15, 0.2) is 24.3 Å². The Morgan fingerprint density at radius 1 is 1.47 bits per heavy atom. The minimum atomic E-state index is 0.148. The van der Waals surface area contributed by atoms with E-state index >= 15 is 0 Å². The maximum Gasteiger partial charge on any atom is 0.0553 e. The van der Waals surface area contributed by atoms with Gasteiger partial charge >= 0.3 is 0 Å². The summed E-state index contributed by atoms with van der Waals surface area (Å²) < 4.78 is 5.08. The number of benzene rings is 1. The van der Waals surface area contributed by atoms with Crippen LogP contribution in [0, 0.1) is 0 Å². The van der Waals surface area contributed by atoms with Crippen LogP contribution in [0.25, 0.3) is 0 Å². The molecule has 0 aliphatic rings. The van der Waals surface area contributed by atoms with Crippen molar-refractivity contribution in [2.75, 3.05) is 19.5 Å². The third kappa shape index (κ3) is 4.88. The number of halogens is 1. The van der Waals surface area contributed by atoms with Gasteiger partial charge < -0.3 is 10.5 Å². The van der Waals surface area contributed by atoms with Gasteiger partial charge in [-0.05, 0) is 24.1 Å². The zero-order valence-corrected chi connectivity index (χ0v) is 11.9. The molecule has 0 heterocycles. The summed E-state index contributed by atoms with van der Waals surface area (Å²) >= 11 is 7.86. The fourth-order valence-corrected chi connectivity index (χ4v) is 3.12. The summed E-state index contributed by atoms with van der Waals surface area (Å²) in [5, 5.41) is 1.05. The van der Waals surface area contributed by atoms with Crippen LogP contribution in [0.1, 0.15) is 24.2 Å². The average Bonchev–Trinajstić information content (AvgIpc) is 2.34. The van der Waals surface area contributed by atoms with Gasteiger partial charge in [-0.15, -0.1) is 11.8 Å². The summed E-state index contributed by atoms with van der Waals surface area (Å²) in [6, 6.07) is 8.10. The van der Waals surface area contributed by atoms with Crippen molar-refractivity contribution in [2.45, 2.75) is 24.6 Å². The van der Waals surface area contributed by atoms with Gasteiger partial charge in [-0.1, -0.05) is 30.7 Å². The number of ether oxygens (including phenoxy) is 1. The molecule has 0 aliphatic heterocycles. The molecule has 0 saturated heterocycles. The Hall–Kier alpha value is -0.220. The molecule has 2 atom stereocenters. The van der Waals surface area contributed by atoms with Crippen molar-refractivity contribution in [3.8, 4) is 0 Å². The predicted molar refractivity (Wildman–Crippen MR) is 76.8 cm³/mol. The molecule has 2 nitrogen and oxygen atoms in total. The first-order chi connectivity index (χ1) is 8.19. The predicted octanol–water partition coefficient (Wildman–Crippen LogP) is 3.50. The van der Waals surface area contributed by atoms with E-state index in [1.54, 1.807) is 7.11 Å². The maximum atomic E-state index is 6.18. The van der Waals surface area contributed by atoms with Crippen LogP contribution in [0.4, 0.5) is 0 Å². The topological polar surface area (TPSA) is 35.2 Å². The largest absolute Gasteiger partial charge is 0.384 e. The zero-order chi connectivity index (χ0) is 12.7. The average molecular weight is 274 g/mol. The van der Waals surface area contributed by atoms with Gasteiger partial charge in [0.2, 0.25) is 0 Å². The van der Waals surface area contributed by atoms with E-state index in [0.29, 0.717) is 0 Å². The van der Waals surface area contributed by atoms with Crippen LogP contribution < -0.4 is 5.73 Å². The molecular formula is C13H20ClNOS. The molecule has 1 rings (SSSR count). The van der Waals surface area contributed by atoms with Crippen molar-refractivity contribution in [1.82, 2.24) is 0 Å². The summed E-state index contributed by atoms with van der Waals surface area (Å²) in [4.78, 5) is 0. The molecule has 0 aliphatic carbocycles. The van der Waals surface area contributed by atoms with Crippen molar-refractivity contribution in [3.05, 3.63) is 34.9 Å². The normalized spacial score (nSPS) is 14.6. The number of rotatable bonds is 7. The lowest BCUT2D eigenvalue weighted by Crippen LogP contribution is -2.26. The molecule has 1 aromatic carbocycles. The summed E-state index contributed by atoms with van der Waals surface area (Å²) in [6.45, 7) is 2.86.